The van der Waals surface area contributed by atoms with Gasteiger partial charge in [-0.05, 0) is 61.2 Å². The van der Waals surface area contributed by atoms with Crippen molar-refractivity contribution in [2.75, 3.05) is 19.4 Å². The summed E-state index contributed by atoms with van der Waals surface area (Å²) in [4.78, 5) is 23.8. The van der Waals surface area contributed by atoms with Crippen molar-refractivity contribution >= 4 is 11.9 Å². The summed E-state index contributed by atoms with van der Waals surface area (Å²) in [5.41, 5.74) is 8.80. The molecule has 0 aliphatic carbocycles. The number of piperidine rings is 1. The summed E-state index contributed by atoms with van der Waals surface area (Å²) in [6, 6.07) is 13.0. The summed E-state index contributed by atoms with van der Waals surface area (Å²) in [5, 5.41) is 0. The number of carbonyl (C=O) groups is 1. The first-order valence-electron chi connectivity index (χ1n) is 9.90. The number of aromatic nitrogens is 2. The van der Waals surface area contributed by atoms with Crippen LogP contribution in [0.2, 0.25) is 0 Å². The van der Waals surface area contributed by atoms with Crippen molar-refractivity contribution < 1.29 is 13.9 Å². The predicted octanol–water partition coefficient (Wildman–Crippen LogP) is 4.24. The van der Waals surface area contributed by atoms with Gasteiger partial charge in [-0.25, -0.2) is 14.4 Å². The number of methoxy groups -OCH3 is 1. The summed E-state index contributed by atoms with van der Waals surface area (Å²) >= 11 is 0. The molecule has 1 atom stereocenters. The first kappa shape index (κ1) is 19.8. The number of hydrogen-bond donors (Lipinski definition) is 1. The molecule has 0 spiro atoms. The maximum absolute atomic E-state index is 13.3. The fraction of sp³-hybridized carbons (Fsp3) is 0.261. The molecule has 1 unspecified atom stereocenters. The Bertz CT molecular complexity index is 1060. The molecule has 2 heterocycles. The van der Waals surface area contributed by atoms with Crippen LogP contribution in [0.4, 0.5) is 10.3 Å². The van der Waals surface area contributed by atoms with Gasteiger partial charge in [0.15, 0.2) is 0 Å². The normalized spacial score (nSPS) is 16.3. The van der Waals surface area contributed by atoms with Crippen molar-refractivity contribution in [1.29, 1.82) is 0 Å². The van der Waals surface area contributed by atoms with Gasteiger partial charge in [0.2, 0.25) is 5.95 Å². The fourth-order valence-corrected chi connectivity index (χ4v) is 3.89. The molecule has 6 nitrogen and oxygen atoms in total. The van der Waals surface area contributed by atoms with E-state index in [1.54, 1.807) is 13.3 Å². The molecule has 1 saturated heterocycles. The highest BCUT2D eigenvalue weighted by molar-refractivity contribution is 5.94. The number of nitrogens with two attached hydrogens (primary N) is 1. The standard InChI is InChI=1S/C23H23FN4O2/c1-30-18-6-4-5-16(13-18)19-14-26-23(25)27-21(19)20-7-2-3-12-28(20)22(29)15-8-10-17(24)11-9-15/h4-6,8-11,13-14,20H,2-3,7,12H2,1H3,(H2,25,26,27). The number of nitrogen functional groups attached to an aromatic ring is 1. The molecule has 1 fully saturated rings. The van der Waals surface area contributed by atoms with Crippen LogP contribution < -0.4 is 10.5 Å². The van der Waals surface area contributed by atoms with Crippen molar-refractivity contribution in [3.8, 4) is 16.9 Å². The van der Waals surface area contributed by atoms with Crippen LogP contribution in [0.3, 0.4) is 0 Å². The molecule has 0 bridgehead atoms. The molecule has 1 aliphatic heterocycles. The molecule has 1 amide bonds. The summed E-state index contributed by atoms with van der Waals surface area (Å²) in [6.45, 7) is 0.600. The number of ether oxygens (including phenoxy) is 1. The van der Waals surface area contributed by atoms with Crippen LogP contribution in [0.5, 0.6) is 5.75 Å². The second-order valence-electron chi connectivity index (χ2n) is 7.28. The van der Waals surface area contributed by atoms with Crippen LogP contribution >= 0.6 is 0 Å². The van der Waals surface area contributed by atoms with Crippen LogP contribution in [0, 0.1) is 5.82 Å². The van der Waals surface area contributed by atoms with Crippen molar-refractivity contribution in [1.82, 2.24) is 14.9 Å². The molecule has 1 aromatic heterocycles. The van der Waals surface area contributed by atoms with E-state index >= 15 is 0 Å². The third-order valence-corrected chi connectivity index (χ3v) is 5.39. The zero-order valence-electron chi connectivity index (χ0n) is 16.7. The number of anilines is 1. The first-order chi connectivity index (χ1) is 14.6. The van der Waals surface area contributed by atoms with Gasteiger partial charge >= 0.3 is 0 Å². The Hall–Kier alpha value is -3.48. The Morgan fingerprint density at radius 2 is 2.00 bits per heavy atom. The van der Waals surface area contributed by atoms with Gasteiger partial charge in [-0.2, -0.15) is 0 Å². The molecule has 7 heteroatoms. The summed E-state index contributed by atoms with van der Waals surface area (Å²) in [6.07, 6.45) is 4.33. The molecule has 1 aliphatic rings. The van der Waals surface area contributed by atoms with Gasteiger partial charge in [0.05, 0.1) is 18.8 Å². The molecule has 4 rings (SSSR count). The minimum atomic E-state index is -0.370. The van der Waals surface area contributed by atoms with Crippen LogP contribution in [0.25, 0.3) is 11.1 Å². The van der Waals surface area contributed by atoms with Crippen molar-refractivity contribution in [3.63, 3.8) is 0 Å². The van der Waals surface area contributed by atoms with E-state index in [-0.39, 0.29) is 23.7 Å². The number of benzene rings is 2. The fourth-order valence-electron chi connectivity index (χ4n) is 3.89. The van der Waals surface area contributed by atoms with E-state index in [2.05, 4.69) is 9.97 Å². The lowest BCUT2D eigenvalue weighted by atomic mass is 9.93. The second-order valence-corrected chi connectivity index (χ2v) is 7.28. The zero-order valence-corrected chi connectivity index (χ0v) is 16.7. The molecule has 0 saturated carbocycles. The number of rotatable bonds is 4. The van der Waals surface area contributed by atoms with Gasteiger partial charge < -0.3 is 15.4 Å². The average molecular weight is 406 g/mol. The van der Waals surface area contributed by atoms with Crippen LogP contribution in [-0.2, 0) is 0 Å². The topological polar surface area (TPSA) is 81.3 Å². The maximum Gasteiger partial charge on any atom is 0.254 e. The molecule has 30 heavy (non-hydrogen) atoms. The zero-order chi connectivity index (χ0) is 21.1. The second kappa shape index (κ2) is 8.49. The van der Waals surface area contributed by atoms with Gasteiger partial charge in [-0.1, -0.05) is 12.1 Å². The lowest BCUT2D eigenvalue weighted by molar-refractivity contribution is 0.0607. The number of carbonyl (C=O) groups excluding carboxylic acids is 1. The highest BCUT2D eigenvalue weighted by Crippen LogP contribution is 2.37. The van der Waals surface area contributed by atoms with Crippen LogP contribution in [-0.4, -0.2) is 34.4 Å². The Morgan fingerprint density at radius 1 is 1.20 bits per heavy atom. The van der Waals surface area contributed by atoms with Crippen LogP contribution in [0.15, 0.2) is 54.7 Å². The molecule has 3 aromatic rings. The minimum Gasteiger partial charge on any atom is -0.497 e. The van der Waals surface area contributed by atoms with Gasteiger partial charge in [-0.3, -0.25) is 4.79 Å². The third kappa shape index (κ3) is 3.96. The lowest BCUT2D eigenvalue weighted by Crippen LogP contribution is -2.39. The van der Waals surface area contributed by atoms with E-state index in [1.807, 2.05) is 29.2 Å². The highest BCUT2D eigenvalue weighted by atomic mass is 19.1. The molecule has 0 radical (unpaired) electrons. The largest absolute Gasteiger partial charge is 0.497 e. The SMILES string of the molecule is COc1cccc(-c2cnc(N)nc2C2CCCCN2C(=O)c2ccc(F)cc2)c1. The van der Waals surface area contributed by atoms with Crippen molar-refractivity contribution in [2.24, 2.45) is 0 Å². The predicted molar refractivity (Wildman–Crippen MR) is 112 cm³/mol. The Morgan fingerprint density at radius 3 is 2.77 bits per heavy atom. The van der Waals surface area contributed by atoms with Gasteiger partial charge in [0, 0.05) is 23.9 Å². The van der Waals surface area contributed by atoms with Crippen molar-refractivity contribution in [2.45, 2.75) is 25.3 Å². The van der Waals surface area contributed by atoms with E-state index in [1.165, 1.54) is 24.3 Å². The van der Waals surface area contributed by atoms with Crippen LogP contribution in [0.1, 0.15) is 41.4 Å². The molecule has 154 valence electrons. The first-order valence-corrected chi connectivity index (χ1v) is 9.90. The number of nitrogens with zero attached hydrogens (tertiary/aromatic N) is 3. The van der Waals surface area contributed by atoms with Gasteiger partial charge in [-0.15, -0.1) is 0 Å². The monoisotopic (exact) mass is 406 g/mol. The smallest absolute Gasteiger partial charge is 0.254 e. The molecular weight excluding hydrogens is 383 g/mol. The summed E-state index contributed by atoms with van der Waals surface area (Å²) in [5.74, 6) is 0.369. The highest BCUT2D eigenvalue weighted by Gasteiger charge is 2.32. The van der Waals surface area contributed by atoms with E-state index in [9.17, 15) is 9.18 Å². The van der Waals surface area contributed by atoms with E-state index in [0.29, 0.717) is 17.8 Å². The summed E-state index contributed by atoms with van der Waals surface area (Å²) < 4.78 is 18.7. The third-order valence-electron chi connectivity index (χ3n) is 5.39. The molecule has 2 N–H and O–H groups in total. The van der Waals surface area contributed by atoms with Gasteiger partial charge in [0.25, 0.3) is 5.91 Å². The molecular formula is C23H23FN4O2. The van der Waals surface area contributed by atoms with Crippen molar-refractivity contribution in [3.05, 3.63) is 71.8 Å². The quantitative estimate of drug-likeness (QED) is 0.701. The Labute approximate surface area is 174 Å². The van der Waals surface area contributed by atoms with E-state index in [0.717, 1.165) is 36.1 Å². The maximum atomic E-state index is 13.3. The average Bonchev–Trinajstić information content (AvgIpc) is 2.79. The number of hydrogen-bond acceptors (Lipinski definition) is 5. The Balaban J connectivity index is 1.76. The Kier molecular flexibility index (Phi) is 5.61. The number of halogens is 1. The van der Waals surface area contributed by atoms with E-state index < -0.39 is 0 Å². The minimum absolute atomic E-state index is 0.145. The summed E-state index contributed by atoms with van der Waals surface area (Å²) in [7, 11) is 1.61. The lowest BCUT2D eigenvalue weighted by Gasteiger charge is -2.36. The molecule has 2 aromatic carbocycles. The van der Waals surface area contributed by atoms with Gasteiger partial charge in [0.1, 0.15) is 11.6 Å². The number of likely N-dealkylation sites (tertiary alicyclic amines) is 1. The van der Waals surface area contributed by atoms with E-state index in [4.69, 9.17) is 10.5 Å². The number of amides is 1.